The van der Waals surface area contributed by atoms with Crippen LogP contribution in [0, 0.1) is 5.92 Å². The van der Waals surface area contributed by atoms with E-state index in [9.17, 15) is 9.36 Å². The molecular formula is C12H28NO5P. The summed E-state index contributed by atoms with van der Waals surface area (Å²) in [5.74, 6) is -0.218. The maximum absolute atomic E-state index is 12.5. The molecule has 0 aliphatic heterocycles. The number of rotatable bonds is 9. The topological polar surface area (TPSA) is 73.9 Å². The minimum absolute atomic E-state index is 0. The Labute approximate surface area is 117 Å². The lowest BCUT2D eigenvalue weighted by molar-refractivity contribution is -0.149. The third-order valence-electron chi connectivity index (χ3n) is 2.01. The quantitative estimate of drug-likeness (QED) is 0.521. The lowest BCUT2D eigenvalue weighted by Crippen LogP contribution is -2.36. The van der Waals surface area contributed by atoms with Gasteiger partial charge in [-0.1, -0.05) is 13.8 Å². The highest BCUT2D eigenvalue weighted by molar-refractivity contribution is 7.56. The number of ether oxygens (including phenoxy) is 2. The Bertz CT molecular complexity index is 325. The van der Waals surface area contributed by atoms with Crippen LogP contribution in [0.4, 0.5) is 0 Å². The van der Waals surface area contributed by atoms with Crippen molar-refractivity contribution in [3.8, 4) is 0 Å². The summed E-state index contributed by atoms with van der Waals surface area (Å²) in [6.07, 6.45) is -0.297. The van der Waals surface area contributed by atoms with Crippen LogP contribution in [0.1, 0.15) is 36.0 Å². The molecule has 0 aromatic rings. The van der Waals surface area contributed by atoms with Crippen molar-refractivity contribution in [2.24, 2.45) is 5.92 Å². The number of methoxy groups -OCH3 is 1. The summed E-state index contributed by atoms with van der Waals surface area (Å²) in [6.45, 7) is 9.34. The maximum Gasteiger partial charge on any atom is 0.323 e. The van der Waals surface area contributed by atoms with Crippen LogP contribution in [0.3, 0.4) is 0 Å². The second kappa shape index (κ2) is 8.69. The maximum atomic E-state index is 12.5. The smallest absolute Gasteiger partial charge is 0.323 e. The van der Waals surface area contributed by atoms with Crippen molar-refractivity contribution < 1.29 is 24.8 Å². The minimum atomic E-state index is -3.20. The molecule has 7 heteroatoms. The molecule has 19 heavy (non-hydrogen) atoms. The molecular weight excluding hydrogens is 269 g/mol. The van der Waals surface area contributed by atoms with Gasteiger partial charge in [0.05, 0.1) is 12.7 Å². The van der Waals surface area contributed by atoms with Gasteiger partial charge in [-0.05, 0) is 26.7 Å². The van der Waals surface area contributed by atoms with Gasteiger partial charge in [0, 0.05) is 8.54 Å². The number of hydrogen-bond donors (Lipinski definition) is 1. The first-order valence-electron chi connectivity index (χ1n) is 6.41. The van der Waals surface area contributed by atoms with Crippen LogP contribution in [0.2, 0.25) is 0 Å². The number of carbonyl (C=O) groups is 1. The Morgan fingerprint density at radius 2 is 1.84 bits per heavy atom. The first kappa shape index (κ1) is 18.6. The lowest BCUT2D eigenvalue weighted by atomic mass is 10.2. The van der Waals surface area contributed by atoms with Crippen LogP contribution in [-0.2, 0) is 23.4 Å². The first-order valence-corrected chi connectivity index (χ1v) is 8.22. The van der Waals surface area contributed by atoms with Gasteiger partial charge >= 0.3 is 5.97 Å². The number of hydrogen-bond acceptors (Lipinski definition) is 5. The molecule has 2 atom stereocenters. The van der Waals surface area contributed by atoms with E-state index in [1.165, 1.54) is 7.11 Å². The summed E-state index contributed by atoms with van der Waals surface area (Å²) < 4.78 is 27.8. The van der Waals surface area contributed by atoms with Crippen molar-refractivity contribution in [1.29, 1.82) is 0 Å². The van der Waals surface area contributed by atoms with Crippen LogP contribution >= 0.6 is 7.52 Å². The van der Waals surface area contributed by atoms with Crippen molar-refractivity contribution in [2.45, 2.75) is 46.8 Å². The lowest BCUT2D eigenvalue weighted by Gasteiger charge is -2.23. The highest BCUT2D eigenvalue weighted by atomic mass is 31.2. The Morgan fingerprint density at radius 1 is 1.26 bits per heavy atom. The van der Waals surface area contributed by atoms with Gasteiger partial charge in [0.1, 0.15) is 12.4 Å². The molecule has 0 saturated carbocycles. The van der Waals surface area contributed by atoms with Gasteiger partial charge < -0.3 is 14.0 Å². The van der Waals surface area contributed by atoms with E-state index in [1.807, 2.05) is 13.8 Å². The van der Waals surface area contributed by atoms with Gasteiger partial charge in [-0.15, -0.1) is 0 Å². The van der Waals surface area contributed by atoms with Crippen molar-refractivity contribution in [2.75, 3.05) is 20.1 Å². The molecule has 0 aromatic carbocycles. The van der Waals surface area contributed by atoms with Gasteiger partial charge in [-0.25, -0.2) is 5.09 Å². The predicted octanol–water partition coefficient (Wildman–Crippen LogP) is 2.63. The zero-order chi connectivity index (χ0) is 15.1. The van der Waals surface area contributed by atoms with Crippen molar-refractivity contribution in [3.63, 3.8) is 0 Å². The molecule has 0 rings (SSSR count). The van der Waals surface area contributed by atoms with Crippen LogP contribution in [0.25, 0.3) is 0 Å². The van der Waals surface area contributed by atoms with E-state index in [1.54, 1.807) is 20.8 Å². The molecule has 0 aromatic heterocycles. The van der Waals surface area contributed by atoms with E-state index < -0.39 is 19.5 Å². The molecule has 1 N–H and O–H groups in total. The van der Waals surface area contributed by atoms with Gasteiger partial charge in [-0.3, -0.25) is 9.36 Å². The Balaban J connectivity index is 0. The monoisotopic (exact) mass is 297 g/mol. The molecule has 0 saturated heterocycles. The summed E-state index contributed by atoms with van der Waals surface area (Å²) in [4.78, 5) is 11.7. The zero-order valence-electron chi connectivity index (χ0n) is 12.6. The van der Waals surface area contributed by atoms with E-state index in [-0.39, 0.29) is 19.8 Å². The fraction of sp³-hybridized carbons (Fsp3) is 0.917. The molecule has 0 amide bonds. The molecule has 0 radical (unpaired) electrons. The minimum Gasteiger partial charge on any atom is -0.462 e. The third-order valence-corrected chi connectivity index (χ3v) is 3.96. The molecule has 116 valence electrons. The highest BCUT2D eigenvalue weighted by Gasteiger charge is 2.29. The van der Waals surface area contributed by atoms with Gasteiger partial charge in [0.15, 0.2) is 0 Å². The summed E-state index contributed by atoms with van der Waals surface area (Å²) >= 11 is 0. The normalized spacial score (nSPS) is 16.4. The summed E-state index contributed by atoms with van der Waals surface area (Å²) in [5, 5.41) is 2.69. The SMILES string of the molecule is COCP(=O)(N[C@@H](C)C(=O)OC(C)C)OCC(C)C.[HH]. The third kappa shape index (κ3) is 8.37. The summed E-state index contributed by atoms with van der Waals surface area (Å²) in [6, 6.07) is -0.712. The number of esters is 1. The summed E-state index contributed by atoms with van der Waals surface area (Å²) in [5.41, 5.74) is 0. The molecule has 0 spiro atoms. The van der Waals surface area contributed by atoms with Crippen LogP contribution < -0.4 is 5.09 Å². The molecule has 0 aliphatic carbocycles. The second-order valence-corrected chi connectivity index (χ2v) is 7.24. The zero-order valence-corrected chi connectivity index (χ0v) is 13.5. The molecule has 0 aliphatic rings. The van der Waals surface area contributed by atoms with Gasteiger partial charge in [-0.2, -0.15) is 0 Å². The van der Waals surface area contributed by atoms with Crippen LogP contribution in [0.15, 0.2) is 0 Å². The van der Waals surface area contributed by atoms with E-state index in [4.69, 9.17) is 14.0 Å². The molecule has 0 bridgehead atoms. The fourth-order valence-electron chi connectivity index (χ4n) is 1.23. The molecule has 6 nitrogen and oxygen atoms in total. The van der Waals surface area contributed by atoms with E-state index >= 15 is 0 Å². The number of carbonyl (C=O) groups excluding carboxylic acids is 1. The average molecular weight is 297 g/mol. The average Bonchev–Trinajstić information content (AvgIpc) is 2.25. The number of nitrogens with one attached hydrogen (secondary N) is 1. The fourth-order valence-corrected chi connectivity index (χ4v) is 3.03. The van der Waals surface area contributed by atoms with Gasteiger partial charge in [0.2, 0.25) is 0 Å². The summed E-state index contributed by atoms with van der Waals surface area (Å²) in [7, 11) is -1.77. The molecule has 0 heterocycles. The molecule has 0 fully saturated rings. The Kier molecular flexibility index (Phi) is 8.50. The van der Waals surface area contributed by atoms with Crippen LogP contribution in [-0.4, -0.2) is 38.2 Å². The highest BCUT2D eigenvalue weighted by Crippen LogP contribution is 2.43. The first-order chi connectivity index (χ1) is 8.70. The van der Waals surface area contributed by atoms with Crippen LogP contribution in [0.5, 0.6) is 0 Å². The van der Waals surface area contributed by atoms with E-state index in [0.29, 0.717) is 6.61 Å². The van der Waals surface area contributed by atoms with Gasteiger partial charge in [0.25, 0.3) is 7.52 Å². The predicted molar refractivity (Wildman–Crippen MR) is 76.2 cm³/mol. The van der Waals surface area contributed by atoms with Crippen molar-refractivity contribution in [1.82, 2.24) is 5.09 Å². The Morgan fingerprint density at radius 3 is 2.26 bits per heavy atom. The molecule has 1 unspecified atom stereocenters. The second-order valence-electron chi connectivity index (χ2n) is 5.12. The standard InChI is InChI=1S/C12H26NO5P.H2/c1-9(2)7-17-19(15,8-16-6)13-11(5)12(14)18-10(3)4;/h9-11H,7-8H2,1-6H3,(H,13,15);1H/t11-,19?;/m0./s1. The van der Waals surface area contributed by atoms with E-state index in [0.717, 1.165) is 0 Å². The Hall–Kier alpha value is -0.420. The van der Waals surface area contributed by atoms with Crippen molar-refractivity contribution in [3.05, 3.63) is 0 Å². The van der Waals surface area contributed by atoms with Crippen molar-refractivity contribution >= 4 is 13.5 Å². The largest absolute Gasteiger partial charge is 0.462 e. The van der Waals surface area contributed by atoms with E-state index in [2.05, 4.69) is 5.09 Å².